The van der Waals surface area contributed by atoms with E-state index in [4.69, 9.17) is 23.2 Å². The second kappa shape index (κ2) is 12.7. The molecule has 10 heteroatoms. The van der Waals surface area contributed by atoms with E-state index < -0.39 is 6.09 Å². The van der Waals surface area contributed by atoms with Gasteiger partial charge in [0.15, 0.2) is 0 Å². The molecular formula is C28H34Cl2N4O3S. The molecule has 0 bridgehead atoms. The predicted octanol–water partition coefficient (Wildman–Crippen LogP) is 6.80. The number of thiophene rings is 1. The molecule has 1 aromatic carbocycles. The third-order valence-electron chi connectivity index (χ3n) is 7.92. The summed E-state index contributed by atoms with van der Waals surface area (Å²) in [5.41, 5.74) is 2.57. The number of amides is 2. The van der Waals surface area contributed by atoms with Gasteiger partial charge >= 0.3 is 6.09 Å². The molecule has 1 aliphatic heterocycles. The van der Waals surface area contributed by atoms with Crippen molar-refractivity contribution in [3.8, 4) is 6.07 Å². The van der Waals surface area contributed by atoms with Gasteiger partial charge in [-0.05, 0) is 68.2 Å². The first kappa shape index (κ1) is 28.7. The Morgan fingerprint density at radius 3 is 2.71 bits per heavy atom. The van der Waals surface area contributed by atoms with E-state index in [1.165, 1.54) is 11.3 Å². The van der Waals surface area contributed by atoms with Gasteiger partial charge in [-0.25, -0.2) is 4.79 Å². The maximum atomic E-state index is 12.8. The normalized spacial score (nSPS) is 19.0. The molecule has 2 aliphatic rings. The van der Waals surface area contributed by atoms with Crippen LogP contribution in [0.4, 0.5) is 9.80 Å². The summed E-state index contributed by atoms with van der Waals surface area (Å²) in [6, 6.07) is 7.91. The number of benzene rings is 1. The van der Waals surface area contributed by atoms with Crippen molar-refractivity contribution in [2.24, 2.45) is 5.92 Å². The lowest BCUT2D eigenvalue weighted by atomic mass is 9.90. The Labute approximate surface area is 238 Å². The maximum Gasteiger partial charge on any atom is 0.407 e. The standard InChI is InChI=1S/C28H34Cl2N4O3S/c1-3-17(4-2)26(35)32-27-23(14-31)22-10-9-20(13-25(22)38-27)33(15-18-7-8-19(29)12-24(18)30)16-21-6-5-11-34(21)28(36)37/h7-8,12,17,20-21H,3-6,9-11,13,15-16H2,1-2H3,(H,32,35)(H,36,37)/t20?,21-/m0/s1. The zero-order valence-corrected chi connectivity index (χ0v) is 24.1. The number of halogens is 2. The molecule has 1 saturated heterocycles. The van der Waals surface area contributed by atoms with Crippen molar-refractivity contribution in [2.45, 2.75) is 77.4 Å². The summed E-state index contributed by atoms with van der Waals surface area (Å²) in [5.74, 6) is -0.104. The van der Waals surface area contributed by atoms with Crippen LogP contribution in [0, 0.1) is 17.2 Å². The fraction of sp³-hybridized carbons (Fsp3) is 0.536. The van der Waals surface area contributed by atoms with Crippen molar-refractivity contribution in [1.82, 2.24) is 9.80 Å². The van der Waals surface area contributed by atoms with Crippen LogP contribution >= 0.6 is 34.5 Å². The van der Waals surface area contributed by atoms with Crippen LogP contribution in [0.2, 0.25) is 10.0 Å². The molecule has 2 N–H and O–H groups in total. The quantitative estimate of drug-likeness (QED) is 0.342. The Hall–Kier alpha value is -2.31. The molecular weight excluding hydrogens is 543 g/mol. The average Bonchev–Trinajstić information content (AvgIpc) is 3.49. The van der Waals surface area contributed by atoms with Gasteiger partial charge < -0.3 is 15.3 Å². The Balaban J connectivity index is 1.59. The van der Waals surface area contributed by atoms with E-state index in [0.29, 0.717) is 40.2 Å². The monoisotopic (exact) mass is 576 g/mol. The zero-order chi connectivity index (χ0) is 27.4. The lowest BCUT2D eigenvalue weighted by Crippen LogP contribution is -2.47. The minimum absolute atomic E-state index is 0.0318. The molecule has 1 fully saturated rings. The summed E-state index contributed by atoms with van der Waals surface area (Å²) in [7, 11) is 0. The largest absolute Gasteiger partial charge is 0.465 e. The Morgan fingerprint density at radius 2 is 2.05 bits per heavy atom. The summed E-state index contributed by atoms with van der Waals surface area (Å²) in [6.45, 7) is 5.75. The van der Waals surface area contributed by atoms with E-state index >= 15 is 0 Å². The fourth-order valence-corrected chi connectivity index (χ4v) is 7.46. The molecule has 1 aromatic heterocycles. The van der Waals surface area contributed by atoms with Crippen molar-refractivity contribution in [3.05, 3.63) is 49.8 Å². The Morgan fingerprint density at radius 1 is 1.29 bits per heavy atom. The number of hydrogen-bond donors (Lipinski definition) is 2. The summed E-state index contributed by atoms with van der Waals surface area (Å²) < 4.78 is 0. The summed E-state index contributed by atoms with van der Waals surface area (Å²) in [4.78, 5) is 29.6. The molecule has 7 nitrogen and oxygen atoms in total. The van der Waals surface area contributed by atoms with Gasteiger partial charge in [0.25, 0.3) is 0 Å². The van der Waals surface area contributed by atoms with E-state index in [0.717, 1.165) is 60.9 Å². The smallest absolute Gasteiger partial charge is 0.407 e. The van der Waals surface area contributed by atoms with Crippen LogP contribution in [0.25, 0.3) is 0 Å². The van der Waals surface area contributed by atoms with Gasteiger partial charge in [-0.15, -0.1) is 11.3 Å². The number of anilines is 1. The number of carboxylic acid groups (broad SMARTS) is 1. The first-order chi connectivity index (χ1) is 18.2. The Kier molecular flexibility index (Phi) is 9.59. The molecule has 1 aliphatic carbocycles. The van der Waals surface area contributed by atoms with Crippen LogP contribution in [-0.4, -0.2) is 52.1 Å². The lowest BCUT2D eigenvalue weighted by molar-refractivity contribution is -0.120. The molecule has 38 heavy (non-hydrogen) atoms. The van der Waals surface area contributed by atoms with Crippen LogP contribution in [0.15, 0.2) is 18.2 Å². The predicted molar refractivity (Wildman–Crippen MR) is 152 cm³/mol. The number of fused-ring (bicyclic) bond motifs is 1. The van der Waals surface area contributed by atoms with E-state index in [-0.39, 0.29) is 23.9 Å². The van der Waals surface area contributed by atoms with Gasteiger partial charge in [-0.2, -0.15) is 5.26 Å². The molecule has 2 heterocycles. The third-order valence-corrected chi connectivity index (χ3v) is 9.67. The maximum absolute atomic E-state index is 12.8. The zero-order valence-electron chi connectivity index (χ0n) is 21.8. The van der Waals surface area contributed by atoms with Crippen LogP contribution in [-0.2, 0) is 24.2 Å². The molecule has 0 saturated carbocycles. The molecule has 204 valence electrons. The molecule has 2 atom stereocenters. The van der Waals surface area contributed by atoms with Gasteiger partial charge in [0, 0.05) is 52.6 Å². The lowest BCUT2D eigenvalue weighted by Gasteiger charge is -2.37. The summed E-state index contributed by atoms with van der Waals surface area (Å²) in [5, 5.41) is 24.5. The van der Waals surface area contributed by atoms with Gasteiger partial charge in [0.1, 0.15) is 11.1 Å². The first-order valence-corrected chi connectivity index (χ1v) is 14.9. The van der Waals surface area contributed by atoms with E-state index in [1.54, 1.807) is 11.0 Å². The van der Waals surface area contributed by atoms with Gasteiger partial charge in [-0.3, -0.25) is 9.69 Å². The molecule has 1 unspecified atom stereocenters. The van der Waals surface area contributed by atoms with E-state index in [2.05, 4.69) is 16.3 Å². The van der Waals surface area contributed by atoms with Gasteiger partial charge in [0.2, 0.25) is 5.91 Å². The second-order valence-electron chi connectivity index (χ2n) is 10.2. The highest BCUT2D eigenvalue weighted by atomic mass is 35.5. The molecule has 0 radical (unpaired) electrons. The van der Waals surface area contributed by atoms with Crippen molar-refractivity contribution >= 4 is 51.5 Å². The number of carbonyl (C=O) groups excluding carboxylic acids is 1. The third kappa shape index (κ3) is 6.28. The number of nitrogens with one attached hydrogen (secondary N) is 1. The van der Waals surface area contributed by atoms with Crippen LogP contribution in [0.5, 0.6) is 0 Å². The van der Waals surface area contributed by atoms with E-state index in [1.807, 2.05) is 26.0 Å². The van der Waals surface area contributed by atoms with Gasteiger partial charge in [-0.1, -0.05) is 43.1 Å². The van der Waals surface area contributed by atoms with Crippen LogP contribution in [0.3, 0.4) is 0 Å². The fourth-order valence-electron chi connectivity index (χ4n) is 5.72. The molecule has 0 spiro atoms. The van der Waals surface area contributed by atoms with E-state index in [9.17, 15) is 20.0 Å². The van der Waals surface area contributed by atoms with Crippen LogP contribution in [0.1, 0.15) is 67.5 Å². The highest BCUT2D eigenvalue weighted by Crippen LogP contribution is 2.40. The average molecular weight is 578 g/mol. The van der Waals surface area contributed by atoms with Crippen molar-refractivity contribution < 1.29 is 14.7 Å². The summed E-state index contributed by atoms with van der Waals surface area (Å²) in [6.07, 6.45) is 4.64. The van der Waals surface area contributed by atoms with Crippen molar-refractivity contribution in [2.75, 3.05) is 18.4 Å². The number of hydrogen-bond acceptors (Lipinski definition) is 5. The number of likely N-dealkylation sites (tertiary alicyclic amines) is 1. The summed E-state index contributed by atoms with van der Waals surface area (Å²) >= 11 is 14.2. The minimum atomic E-state index is -0.877. The second-order valence-corrected chi connectivity index (χ2v) is 12.1. The molecule has 2 amide bonds. The SMILES string of the molecule is CCC(CC)C(=O)Nc1sc2c(c1C#N)CCC(N(Cc1ccc(Cl)cc1Cl)C[C@@H]1CCCN1C(=O)O)C2. The van der Waals surface area contributed by atoms with Crippen LogP contribution < -0.4 is 5.32 Å². The van der Waals surface area contributed by atoms with Crippen molar-refractivity contribution in [3.63, 3.8) is 0 Å². The molecule has 2 aromatic rings. The minimum Gasteiger partial charge on any atom is -0.465 e. The number of carbonyl (C=O) groups is 2. The number of nitrogens with zero attached hydrogens (tertiary/aromatic N) is 3. The van der Waals surface area contributed by atoms with Crippen molar-refractivity contribution in [1.29, 1.82) is 5.26 Å². The first-order valence-electron chi connectivity index (χ1n) is 13.3. The van der Waals surface area contributed by atoms with Gasteiger partial charge in [0.05, 0.1) is 5.56 Å². The number of nitriles is 1. The highest BCUT2D eigenvalue weighted by molar-refractivity contribution is 7.16. The highest BCUT2D eigenvalue weighted by Gasteiger charge is 2.35. The Bertz CT molecular complexity index is 1220. The number of rotatable bonds is 9. The topological polar surface area (TPSA) is 96.7 Å². The molecule has 4 rings (SSSR count).